The number of hydrogen-bond acceptors (Lipinski definition) is 9. The van der Waals surface area contributed by atoms with Crippen molar-refractivity contribution in [1.29, 1.82) is 0 Å². The zero-order chi connectivity index (χ0) is 20.1. The second-order valence-corrected chi connectivity index (χ2v) is 7.13. The predicted molar refractivity (Wildman–Crippen MR) is 104 cm³/mol. The molecule has 1 aliphatic heterocycles. The Morgan fingerprint density at radius 3 is 3.00 bits per heavy atom. The molecule has 1 amide bonds. The summed E-state index contributed by atoms with van der Waals surface area (Å²) in [5.41, 5.74) is 6.24. The fourth-order valence-corrected chi connectivity index (χ4v) is 3.95. The monoisotopic (exact) mass is 413 g/mol. The van der Waals surface area contributed by atoms with Gasteiger partial charge in [-0.05, 0) is 5.56 Å². The van der Waals surface area contributed by atoms with Crippen molar-refractivity contribution in [2.45, 2.75) is 18.7 Å². The van der Waals surface area contributed by atoms with Gasteiger partial charge in [-0.25, -0.2) is 9.78 Å². The number of carbonyl (C=O) groups is 1. The molecule has 0 fully saturated rings. The molecule has 1 N–H and O–H groups in total. The van der Waals surface area contributed by atoms with Gasteiger partial charge in [0, 0.05) is 6.54 Å². The molecule has 2 atom stereocenters. The number of thiazole rings is 1. The second kappa shape index (κ2) is 8.95. The van der Waals surface area contributed by atoms with Gasteiger partial charge >= 0.3 is 6.09 Å². The van der Waals surface area contributed by atoms with Crippen LogP contribution in [0.2, 0.25) is 0 Å². The highest BCUT2D eigenvalue weighted by Crippen LogP contribution is 2.40. The topological polar surface area (TPSA) is 103 Å². The maximum atomic E-state index is 13.0. The standard InChI is InChI=1S/C19H19N5O4S/c1-2-8-27-23-14-9-24(19(25)26-10-13-6-4-3-5-7-13)16(18-20-11-22-28-18)15-17(14)29-12-21-15/h2-7,11-12,14,16,23H,1,8-10H2. The van der Waals surface area contributed by atoms with Crippen molar-refractivity contribution in [2.24, 2.45) is 0 Å². The number of benzene rings is 1. The van der Waals surface area contributed by atoms with E-state index in [4.69, 9.17) is 14.1 Å². The lowest BCUT2D eigenvalue weighted by Gasteiger charge is -2.36. The highest BCUT2D eigenvalue weighted by molar-refractivity contribution is 7.09. The van der Waals surface area contributed by atoms with E-state index >= 15 is 0 Å². The molecule has 2 aromatic heterocycles. The number of rotatable bonds is 7. The molecule has 3 heterocycles. The quantitative estimate of drug-likeness (QED) is 0.358. The van der Waals surface area contributed by atoms with Gasteiger partial charge in [0.25, 0.3) is 5.89 Å². The van der Waals surface area contributed by atoms with E-state index in [1.165, 1.54) is 22.6 Å². The van der Waals surface area contributed by atoms with Crippen LogP contribution in [-0.2, 0) is 16.2 Å². The van der Waals surface area contributed by atoms with Crippen molar-refractivity contribution < 1.29 is 18.9 Å². The van der Waals surface area contributed by atoms with Gasteiger partial charge in [0.05, 0.1) is 28.7 Å². The van der Waals surface area contributed by atoms with Crippen LogP contribution in [0.3, 0.4) is 0 Å². The van der Waals surface area contributed by atoms with E-state index in [1.807, 2.05) is 30.3 Å². The first-order valence-corrected chi connectivity index (χ1v) is 9.81. The maximum absolute atomic E-state index is 13.0. The third-order valence-corrected chi connectivity index (χ3v) is 5.33. The van der Waals surface area contributed by atoms with Crippen LogP contribution >= 0.6 is 11.3 Å². The molecular formula is C19H19N5O4S. The van der Waals surface area contributed by atoms with Crippen LogP contribution in [0.4, 0.5) is 4.79 Å². The molecule has 0 radical (unpaired) electrons. The van der Waals surface area contributed by atoms with Gasteiger partial charge in [0.1, 0.15) is 6.61 Å². The second-order valence-electron chi connectivity index (χ2n) is 6.25. The molecule has 3 aromatic rings. The van der Waals surface area contributed by atoms with Gasteiger partial charge in [-0.15, -0.1) is 17.9 Å². The first-order chi connectivity index (χ1) is 14.3. The summed E-state index contributed by atoms with van der Waals surface area (Å²) >= 11 is 1.47. The number of amides is 1. The molecule has 1 aromatic carbocycles. The van der Waals surface area contributed by atoms with E-state index in [1.54, 1.807) is 11.6 Å². The number of carbonyl (C=O) groups excluding carboxylic acids is 1. The van der Waals surface area contributed by atoms with Gasteiger partial charge in [-0.1, -0.05) is 41.6 Å². The van der Waals surface area contributed by atoms with Gasteiger partial charge in [-0.3, -0.25) is 9.74 Å². The lowest BCUT2D eigenvalue weighted by Crippen LogP contribution is -2.46. The summed E-state index contributed by atoms with van der Waals surface area (Å²) in [7, 11) is 0. The van der Waals surface area contributed by atoms with Crippen molar-refractivity contribution in [1.82, 2.24) is 25.5 Å². The van der Waals surface area contributed by atoms with Gasteiger partial charge in [0.2, 0.25) is 0 Å². The van der Waals surface area contributed by atoms with Gasteiger partial charge in [0.15, 0.2) is 12.4 Å². The normalized spacial score (nSPS) is 18.3. The minimum absolute atomic E-state index is 0.154. The first kappa shape index (κ1) is 19.2. The molecule has 0 saturated heterocycles. The Bertz CT molecular complexity index is 947. The van der Waals surface area contributed by atoms with Crippen LogP contribution in [0.15, 0.2) is 59.3 Å². The number of nitrogens with one attached hydrogen (secondary N) is 1. The minimum atomic E-state index is -0.625. The molecule has 10 heteroatoms. The first-order valence-electron chi connectivity index (χ1n) is 8.93. The SMILES string of the molecule is C=CCONC1CN(C(=O)OCc2ccccc2)C(c2ncno2)c2ncsc21. The van der Waals surface area contributed by atoms with Gasteiger partial charge in [-0.2, -0.15) is 10.5 Å². The molecule has 0 aliphatic carbocycles. The lowest BCUT2D eigenvalue weighted by molar-refractivity contribution is 0.00952. The molecule has 9 nitrogen and oxygen atoms in total. The molecule has 0 bridgehead atoms. The molecule has 29 heavy (non-hydrogen) atoms. The molecule has 0 spiro atoms. The molecule has 150 valence electrons. The average Bonchev–Trinajstić information content (AvgIpc) is 3.45. The fraction of sp³-hybridized carbons (Fsp3) is 0.263. The number of aromatic nitrogens is 3. The number of nitrogens with zero attached hydrogens (tertiary/aromatic N) is 4. The van der Waals surface area contributed by atoms with Crippen LogP contribution in [0.5, 0.6) is 0 Å². The lowest BCUT2D eigenvalue weighted by atomic mass is 10.0. The Hall–Kier alpha value is -3.08. The largest absolute Gasteiger partial charge is 0.445 e. The van der Waals surface area contributed by atoms with E-state index in [-0.39, 0.29) is 25.1 Å². The van der Waals surface area contributed by atoms with E-state index in [0.29, 0.717) is 12.3 Å². The van der Waals surface area contributed by atoms with E-state index in [0.717, 1.165) is 10.4 Å². The Morgan fingerprint density at radius 1 is 1.38 bits per heavy atom. The Morgan fingerprint density at radius 2 is 2.24 bits per heavy atom. The number of ether oxygens (including phenoxy) is 1. The smallest absolute Gasteiger partial charge is 0.411 e. The number of hydroxylamine groups is 1. The minimum Gasteiger partial charge on any atom is -0.445 e. The van der Waals surface area contributed by atoms with Crippen LogP contribution in [0.25, 0.3) is 0 Å². The molecule has 4 rings (SSSR count). The summed E-state index contributed by atoms with van der Waals surface area (Å²) in [5.74, 6) is 0.277. The van der Waals surface area contributed by atoms with E-state index in [2.05, 4.69) is 27.2 Å². The third-order valence-electron chi connectivity index (χ3n) is 4.37. The summed E-state index contributed by atoms with van der Waals surface area (Å²) in [6.07, 6.45) is 2.43. The van der Waals surface area contributed by atoms with Gasteiger partial charge < -0.3 is 9.26 Å². The Labute approximate surface area is 170 Å². The molecule has 2 unspecified atom stereocenters. The summed E-state index contributed by atoms with van der Waals surface area (Å²) in [6, 6.07) is 8.58. The molecule has 1 aliphatic rings. The van der Waals surface area contributed by atoms with Crippen molar-refractivity contribution in [3.8, 4) is 0 Å². The summed E-state index contributed by atoms with van der Waals surface area (Å²) in [5, 5.41) is 3.68. The molecule has 0 saturated carbocycles. The van der Waals surface area contributed by atoms with E-state index < -0.39 is 12.1 Å². The number of hydrogen-bond donors (Lipinski definition) is 1. The third kappa shape index (κ3) is 4.19. The molecular weight excluding hydrogens is 394 g/mol. The fourth-order valence-electron chi connectivity index (χ4n) is 3.10. The summed E-state index contributed by atoms with van der Waals surface area (Å²) < 4.78 is 10.8. The van der Waals surface area contributed by atoms with Crippen LogP contribution in [-0.4, -0.2) is 39.3 Å². The maximum Gasteiger partial charge on any atom is 0.411 e. The highest BCUT2D eigenvalue weighted by Gasteiger charge is 2.42. The van der Waals surface area contributed by atoms with Crippen molar-refractivity contribution in [3.05, 3.63) is 76.8 Å². The average molecular weight is 413 g/mol. The van der Waals surface area contributed by atoms with Crippen LogP contribution in [0.1, 0.15) is 34.1 Å². The van der Waals surface area contributed by atoms with Crippen molar-refractivity contribution in [2.75, 3.05) is 13.2 Å². The zero-order valence-corrected chi connectivity index (χ0v) is 16.2. The summed E-state index contributed by atoms with van der Waals surface area (Å²) in [6.45, 7) is 4.40. The van der Waals surface area contributed by atoms with Crippen LogP contribution in [0, 0.1) is 0 Å². The van der Waals surface area contributed by atoms with Crippen molar-refractivity contribution in [3.63, 3.8) is 0 Å². The number of fused-ring (bicyclic) bond motifs is 1. The Kier molecular flexibility index (Phi) is 5.94. The zero-order valence-electron chi connectivity index (χ0n) is 15.4. The Balaban J connectivity index is 1.59. The predicted octanol–water partition coefficient (Wildman–Crippen LogP) is 3.02. The van der Waals surface area contributed by atoms with Crippen molar-refractivity contribution >= 4 is 17.4 Å². The van der Waals surface area contributed by atoms with E-state index in [9.17, 15) is 4.79 Å². The highest BCUT2D eigenvalue weighted by atomic mass is 32.1. The van der Waals surface area contributed by atoms with Crippen LogP contribution < -0.4 is 5.48 Å². The summed E-state index contributed by atoms with van der Waals surface area (Å²) in [4.78, 5) is 29.4.